The van der Waals surface area contributed by atoms with Crippen LogP contribution in [0, 0.1) is 5.92 Å². The molecule has 1 saturated heterocycles. The molecule has 1 aromatic heterocycles. The molecule has 4 rings (SSSR count). The van der Waals surface area contributed by atoms with Crippen molar-refractivity contribution in [1.29, 1.82) is 0 Å². The van der Waals surface area contributed by atoms with Crippen molar-refractivity contribution in [3.05, 3.63) is 69.3 Å². The Kier molecular flexibility index (Phi) is 11.5. The number of aryl methyl sites for hydroxylation is 1. The Hall–Kier alpha value is -4.29. The van der Waals surface area contributed by atoms with Crippen LogP contribution >= 0.6 is 23.2 Å². The van der Waals surface area contributed by atoms with Gasteiger partial charge in [-0.15, -0.1) is 0 Å². The number of aromatic nitrogens is 2. The predicted octanol–water partition coefficient (Wildman–Crippen LogP) is 4.18. The number of guanidine groups is 1. The Labute approximate surface area is 277 Å². The Balaban J connectivity index is 1.34. The van der Waals surface area contributed by atoms with Gasteiger partial charge in [-0.25, -0.2) is 9.79 Å². The highest BCUT2D eigenvalue weighted by Gasteiger charge is 2.28. The van der Waals surface area contributed by atoms with Gasteiger partial charge in [0, 0.05) is 37.3 Å². The number of piperidine rings is 1. The summed E-state index contributed by atoms with van der Waals surface area (Å²) in [6.07, 6.45) is 1.94. The number of carboxylic acids is 1. The Bertz CT molecular complexity index is 1590. The summed E-state index contributed by atoms with van der Waals surface area (Å²) in [5.74, 6) is -0.926. The second-order valence-electron chi connectivity index (χ2n) is 11.7. The van der Waals surface area contributed by atoms with Gasteiger partial charge in [0.15, 0.2) is 5.96 Å². The molecule has 2 aromatic carbocycles. The van der Waals surface area contributed by atoms with Gasteiger partial charge in [0.25, 0.3) is 0 Å². The molecule has 0 saturated carbocycles. The minimum atomic E-state index is -0.994. The Morgan fingerprint density at radius 1 is 1.09 bits per heavy atom. The van der Waals surface area contributed by atoms with Gasteiger partial charge in [0.2, 0.25) is 11.8 Å². The van der Waals surface area contributed by atoms with E-state index in [1.54, 1.807) is 29.2 Å². The van der Waals surface area contributed by atoms with Gasteiger partial charge in [-0.2, -0.15) is 5.10 Å². The lowest BCUT2D eigenvalue weighted by molar-refractivity contribution is -0.134. The van der Waals surface area contributed by atoms with Crippen LogP contribution in [0.3, 0.4) is 0 Å². The van der Waals surface area contributed by atoms with E-state index in [1.807, 2.05) is 31.6 Å². The number of amides is 2. The first kappa shape index (κ1) is 34.6. The zero-order valence-electron chi connectivity index (χ0n) is 26.0. The molecule has 14 heteroatoms. The van der Waals surface area contributed by atoms with E-state index < -0.39 is 12.0 Å². The van der Waals surface area contributed by atoms with Crippen molar-refractivity contribution < 1.29 is 24.2 Å². The maximum absolute atomic E-state index is 12.9. The number of halogens is 2. The van der Waals surface area contributed by atoms with Crippen molar-refractivity contribution in [1.82, 2.24) is 20.0 Å². The molecule has 6 N–H and O–H groups in total. The van der Waals surface area contributed by atoms with E-state index in [9.17, 15) is 14.4 Å². The molecule has 246 valence electrons. The third-order valence-electron chi connectivity index (χ3n) is 7.82. The SMILES string of the molecule is CC(C)C[C@@H](N=C(N)N)C(=O)NCC(=O)N1CCC(c2cc(-c3ccc(OCc4ccc(C(=O)O)cc4)c(Cl)c3Cl)nn2C)CC1. The number of nitrogens with two attached hydrogens (primary N) is 2. The molecule has 0 spiro atoms. The zero-order valence-corrected chi connectivity index (χ0v) is 27.5. The molecule has 1 aliphatic rings. The van der Waals surface area contributed by atoms with Crippen LogP contribution in [0.2, 0.25) is 10.0 Å². The van der Waals surface area contributed by atoms with Crippen LogP contribution in [-0.2, 0) is 23.2 Å². The zero-order chi connectivity index (χ0) is 33.5. The molecular weight excluding hydrogens is 633 g/mol. The summed E-state index contributed by atoms with van der Waals surface area (Å²) >= 11 is 13.3. The lowest BCUT2D eigenvalue weighted by Gasteiger charge is -2.32. The van der Waals surface area contributed by atoms with Crippen molar-refractivity contribution in [2.45, 2.75) is 51.7 Å². The topological polar surface area (TPSA) is 178 Å². The Morgan fingerprint density at radius 2 is 1.76 bits per heavy atom. The standard InChI is InChI=1S/C32H39Cl2N7O5/c1-18(2)14-24(38-32(35)36)30(43)37-16-27(42)41-12-10-20(11-13-41)25-15-23(39-40(25)3)22-8-9-26(29(34)28(22)33)46-17-19-4-6-21(7-5-19)31(44)45/h4-9,15,18,20,24H,10-14,16-17H2,1-3H3,(H,37,43)(H,44,45)(H4,35,36,38)/t24-/m1/s1. The second kappa shape index (κ2) is 15.3. The highest BCUT2D eigenvalue weighted by Crippen LogP contribution is 2.40. The molecule has 1 aliphatic heterocycles. The molecule has 1 atom stereocenters. The summed E-state index contributed by atoms with van der Waals surface area (Å²) in [5, 5.41) is 17.0. The fraction of sp³-hybridized carbons (Fsp3) is 0.406. The number of carbonyl (C=O) groups is 3. The number of rotatable bonds is 12. The number of carbonyl (C=O) groups excluding carboxylic acids is 2. The number of ether oxygens (including phenoxy) is 1. The van der Waals surface area contributed by atoms with Crippen LogP contribution in [-0.4, -0.2) is 69.2 Å². The van der Waals surface area contributed by atoms with Crippen molar-refractivity contribution >= 4 is 46.9 Å². The van der Waals surface area contributed by atoms with Crippen molar-refractivity contribution in [3.63, 3.8) is 0 Å². The maximum Gasteiger partial charge on any atom is 0.335 e. The highest BCUT2D eigenvalue weighted by molar-refractivity contribution is 6.44. The van der Waals surface area contributed by atoms with E-state index in [-0.39, 0.29) is 53.3 Å². The van der Waals surface area contributed by atoms with Gasteiger partial charge in [0.05, 0.1) is 22.8 Å². The van der Waals surface area contributed by atoms with Gasteiger partial charge in [-0.3, -0.25) is 14.3 Å². The van der Waals surface area contributed by atoms with E-state index in [0.29, 0.717) is 41.5 Å². The number of nitrogens with zero attached hydrogens (tertiary/aromatic N) is 4. The first-order valence-electron chi connectivity index (χ1n) is 15.0. The third-order valence-corrected chi connectivity index (χ3v) is 8.68. The molecule has 3 aromatic rings. The molecule has 2 amide bonds. The van der Waals surface area contributed by atoms with Gasteiger partial charge in [-0.05, 0) is 61.1 Å². The van der Waals surface area contributed by atoms with Crippen LogP contribution in [0.1, 0.15) is 60.6 Å². The number of hydrogen-bond donors (Lipinski definition) is 4. The molecule has 0 radical (unpaired) electrons. The molecule has 0 unspecified atom stereocenters. The fourth-order valence-corrected chi connectivity index (χ4v) is 5.88. The highest BCUT2D eigenvalue weighted by atomic mass is 35.5. The Morgan fingerprint density at radius 3 is 2.37 bits per heavy atom. The van der Waals surface area contributed by atoms with E-state index in [2.05, 4.69) is 10.3 Å². The van der Waals surface area contributed by atoms with Crippen molar-refractivity contribution in [2.75, 3.05) is 19.6 Å². The number of likely N-dealkylation sites (tertiary alicyclic amines) is 1. The number of benzene rings is 2. The van der Waals surface area contributed by atoms with E-state index in [1.165, 1.54) is 12.1 Å². The third kappa shape index (κ3) is 8.70. The van der Waals surface area contributed by atoms with Gasteiger partial charge < -0.3 is 31.5 Å². The monoisotopic (exact) mass is 671 g/mol. The number of carboxylic acid groups (broad SMARTS) is 1. The van der Waals surface area contributed by atoms with Crippen LogP contribution in [0.5, 0.6) is 5.75 Å². The lowest BCUT2D eigenvalue weighted by atomic mass is 9.92. The minimum Gasteiger partial charge on any atom is -0.487 e. The maximum atomic E-state index is 12.9. The van der Waals surface area contributed by atoms with Crippen molar-refractivity contribution in [3.8, 4) is 17.0 Å². The van der Waals surface area contributed by atoms with E-state index in [0.717, 1.165) is 24.1 Å². The number of nitrogens with one attached hydrogen (secondary N) is 1. The number of hydrogen-bond acceptors (Lipinski definition) is 6. The van der Waals surface area contributed by atoms with Crippen molar-refractivity contribution in [2.24, 2.45) is 29.4 Å². The minimum absolute atomic E-state index is 0.121. The van der Waals surface area contributed by atoms with Crippen LogP contribution in [0.4, 0.5) is 0 Å². The van der Waals surface area contributed by atoms with Gasteiger partial charge in [-0.1, -0.05) is 49.2 Å². The molecule has 0 aliphatic carbocycles. The summed E-state index contributed by atoms with van der Waals surface area (Å²) < 4.78 is 7.69. The molecular formula is C32H39Cl2N7O5. The summed E-state index contributed by atoms with van der Waals surface area (Å²) in [4.78, 5) is 42.3. The predicted molar refractivity (Wildman–Crippen MR) is 177 cm³/mol. The van der Waals surface area contributed by atoms with Crippen LogP contribution < -0.4 is 21.5 Å². The lowest BCUT2D eigenvalue weighted by Crippen LogP contribution is -2.46. The largest absolute Gasteiger partial charge is 0.487 e. The fourth-order valence-electron chi connectivity index (χ4n) is 5.40. The summed E-state index contributed by atoms with van der Waals surface area (Å²) in [6, 6.07) is 11.2. The first-order valence-corrected chi connectivity index (χ1v) is 15.7. The second-order valence-corrected chi connectivity index (χ2v) is 12.4. The molecule has 1 fully saturated rings. The summed E-state index contributed by atoms with van der Waals surface area (Å²) in [6.45, 7) is 5.08. The number of aliphatic imine (C=N–C) groups is 1. The number of aromatic carboxylic acids is 1. The first-order chi connectivity index (χ1) is 21.8. The molecule has 12 nitrogen and oxygen atoms in total. The van der Waals surface area contributed by atoms with E-state index >= 15 is 0 Å². The normalized spacial score (nSPS) is 14.2. The van der Waals surface area contributed by atoms with Crippen LogP contribution in [0.25, 0.3) is 11.3 Å². The van der Waals surface area contributed by atoms with Gasteiger partial charge in [0.1, 0.15) is 23.4 Å². The smallest absolute Gasteiger partial charge is 0.335 e. The summed E-state index contributed by atoms with van der Waals surface area (Å²) in [7, 11) is 1.87. The van der Waals surface area contributed by atoms with Gasteiger partial charge >= 0.3 is 5.97 Å². The molecule has 46 heavy (non-hydrogen) atoms. The molecule has 0 bridgehead atoms. The average molecular weight is 673 g/mol. The summed E-state index contributed by atoms with van der Waals surface area (Å²) in [5.41, 5.74) is 14.3. The van der Waals surface area contributed by atoms with Crippen LogP contribution in [0.15, 0.2) is 47.5 Å². The molecule has 2 heterocycles. The quantitative estimate of drug-likeness (QED) is 0.164. The average Bonchev–Trinajstić information content (AvgIpc) is 3.40. The van der Waals surface area contributed by atoms with E-state index in [4.69, 9.17) is 49.6 Å².